The molecule has 2 N–H and O–H groups in total. The molecule has 0 amide bonds. The number of anilines is 1. The first kappa shape index (κ1) is 11.8. The minimum atomic E-state index is -0.843. The number of rotatable bonds is 4. The van der Waals surface area contributed by atoms with Gasteiger partial charge in [-0.1, -0.05) is 6.92 Å². The molecule has 0 aromatic carbocycles. The number of aliphatic carboxylic acids is 1. The van der Waals surface area contributed by atoms with Crippen molar-refractivity contribution in [2.75, 3.05) is 18.5 Å². The lowest BCUT2D eigenvalue weighted by atomic mass is 10.0. The van der Waals surface area contributed by atoms with E-state index >= 15 is 0 Å². The Bertz CT molecular complexity index is 411. The molecular weight excluding hydrogens is 222 g/mol. The van der Waals surface area contributed by atoms with E-state index in [1.165, 1.54) is 6.33 Å². The lowest BCUT2D eigenvalue weighted by Crippen LogP contribution is -2.33. The number of nitrogens with zero attached hydrogens (tertiary/aromatic N) is 2. The SMILES string of the molecule is CCc1cc(NC2COCC2C(=O)O)ncn1. The molecule has 0 spiro atoms. The van der Waals surface area contributed by atoms with Crippen molar-refractivity contribution in [1.82, 2.24) is 9.97 Å². The van der Waals surface area contributed by atoms with Crippen molar-refractivity contribution in [3.63, 3.8) is 0 Å². The summed E-state index contributed by atoms with van der Waals surface area (Å²) in [6.45, 7) is 2.64. The predicted molar refractivity (Wildman–Crippen MR) is 60.8 cm³/mol. The van der Waals surface area contributed by atoms with Crippen LogP contribution >= 0.6 is 0 Å². The fraction of sp³-hybridized carbons (Fsp3) is 0.545. The Balaban J connectivity index is 2.06. The number of carbonyl (C=O) groups is 1. The molecule has 0 radical (unpaired) electrons. The van der Waals surface area contributed by atoms with Crippen molar-refractivity contribution in [2.24, 2.45) is 5.92 Å². The third kappa shape index (κ3) is 2.71. The number of carboxylic acids is 1. The van der Waals surface area contributed by atoms with Crippen LogP contribution in [0, 0.1) is 5.92 Å². The van der Waals surface area contributed by atoms with Gasteiger partial charge in [-0.15, -0.1) is 0 Å². The zero-order chi connectivity index (χ0) is 12.3. The van der Waals surface area contributed by atoms with E-state index in [0.717, 1.165) is 12.1 Å². The number of nitrogens with one attached hydrogen (secondary N) is 1. The van der Waals surface area contributed by atoms with E-state index in [2.05, 4.69) is 15.3 Å². The molecule has 17 heavy (non-hydrogen) atoms. The number of carboxylic acid groups (broad SMARTS) is 1. The molecule has 6 nitrogen and oxygen atoms in total. The highest BCUT2D eigenvalue weighted by Gasteiger charge is 2.34. The van der Waals surface area contributed by atoms with Crippen LogP contribution in [0.2, 0.25) is 0 Å². The lowest BCUT2D eigenvalue weighted by Gasteiger charge is -2.16. The van der Waals surface area contributed by atoms with Gasteiger partial charge in [0.05, 0.1) is 19.3 Å². The van der Waals surface area contributed by atoms with Gasteiger partial charge in [-0.2, -0.15) is 0 Å². The highest BCUT2D eigenvalue weighted by molar-refractivity contribution is 5.72. The maximum absolute atomic E-state index is 11.0. The molecule has 1 aliphatic rings. The molecule has 2 rings (SSSR count). The van der Waals surface area contributed by atoms with Crippen LogP contribution in [0.1, 0.15) is 12.6 Å². The third-order valence-electron chi connectivity index (χ3n) is 2.82. The van der Waals surface area contributed by atoms with Gasteiger partial charge in [-0.05, 0) is 6.42 Å². The molecule has 2 unspecified atom stereocenters. The van der Waals surface area contributed by atoms with E-state index in [-0.39, 0.29) is 12.6 Å². The van der Waals surface area contributed by atoms with Crippen molar-refractivity contribution in [3.05, 3.63) is 18.1 Å². The van der Waals surface area contributed by atoms with Crippen molar-refractivity contribution < 1.29 is 14.6 Å². The number of hydrogen-bond donors (Lipinski definition) is 2. The Hall–Kier alpha value is -1.69. The van der Waals surface area contributed by atoms with Crippen LogP contribution in [0.5, 0.6) is 0 Å². The van der Waals surface area contributed by atoms with E-state index in [1.807, 2.05) is 13.0 Å². The summed E-state index contributed by atoms with van der Waals surface area (Å²) < 4.78 is 5.17. The summed E-state index contributed by atoms with van der Waals surface area (Å²) in [5.41, 5.74) is 0.924. The Morgan fingerprint density at radius 2 is 2.41 bits per heavy atom. The van der Waals surface area contributed by atoms with E-state index in [9.17, 15) is 4.79 Å². The van der Waals surface area contributed by atoms with Crippen LogP contribution in [0.15, 0.2) is 12.4 Å². The van der Waals surface area contributed by atoms with Crippen molar-refractivity contribution >= 4 is 11.8 Å². The van der Waals surface area contributed by atoms with E-state index in [0.29, 0.717) is 12.4 Å². The smallest absolute Gasteiger partial charge is 0.311 e. The summed E-state index contributed by atoms with van der Waals surface area (Å²) in [6, 6.07) is 1.60. The molecular formula is C11H15N3O3. The van der Waals surface area contributed by atoms with Crippen LogP contribution in [0.3, 0.4) is 0 Å². The Morgan fingerprint density at radius 1 is 1.59 bits per heavy atom. The average Bonchev–Trinajstić information content (AvgIpc) is 2.77. The first-order chi connectivity index (χ1) is 8.20. The molecule has 1 aliphatic heterocycles. The summed E-state index contributed by atoms with van der Waals surface area (Å²) in [5.74, 6) is -0.710. The zero-order valence-electron chi connectivity index (χ0n) is 9.59. The summed E-state index contributed by atoms with van der Waals surface area (Å²) >= 11 is 0. The number of aromatic nitrogens is 2. The first-order valence-electron chi connectivity index (χ1n) is 5.58. The van der Waals surface area contributed by atoms with Gasteiger partial charge in [0.2, 0.25) is 0 Å². The van der Waals surface area contributed by atoms with Gasteiger partial charge in [-0.3, -0.25) is 4.79 Å². The van der Waals surface area contributed by atoms with Gasteiger partial charge < -0.3 is 15.2 Å². The Kier molecular flexibility index (Phi) is 3.53. The molecule has 1 aromatic heterocycles. The molecule has 2 heterocycles. The predicted octanol–water partition coefficient (Wildman–Crippen LogP) is 0.550. The first-order valence-corrected chi connectivity index (χ1v) is 5.58. The van der Waals surface area contributed by atoms with Gasteiger partial charge >= 0.3 is 5.97 Å². The maximum atomic E-state index is 11.0. The zero-order valence-corrected chi connectivity index (χ0v) is 9.59. The van der Waals surface area contributed by atoms with Crippen LogP contribution < -0.4 is 5.32 Å². The third-order valence-corrected chi connectivity index (χ3v) is 2.82. The molecule has 0 bridgehead atoms. The fourth-order valence-electron chi connectivity index (χ4n) is 1.80. The van der Waals surface area contributed by atoms with Crippen LogP contribution in [0.25, 0.3) is 0 Å². The molecule has 0 aliphatic carbocycles. The van der Waals surface area contributed by atoms with Crippen LogP contribution in [-0.4, -0.2) is 40.3 Å². The highest BCUT2D eigenvalue weighted by Crippen LogP contribution is 2.18. The molecule has 2 atom stereocenters. The quantitative estimate of drug-likeness (QED) is 0.795. The normalized spacial score (nSPS) is 23.6. The monoisotopic (exact) mass is 237 g/mol. The minimum absolute atomic E-state index is 0.230. The van der Waals surface area contributed by atoms with Gasteiger partial charge in [0.1, 0.15) is 18.1 Å². The number of hydrogen-bond acceptors (Lipinski definition) is 5. The minimum Gasteiger partial charge on any atom is -0.481 e. The van der Waals surface area contributed by atoms with E-state index in [1.54, 1.807) is 0 Å². The summed E-state index contributed by atoms with van der Waals surface area (Å²) in [5, 5.41) is 12.1. The summed E-state index contributed by atoms with van der Waals surface area (Å²) in [6.07, 6.45) is 2.30. The topological polar surface area (TPSA) is 84.3 Å². The Morgan fingerprint density at radius 3 is 3.12 bits per heavy atom. The Labute approximate surface area is 99.0 Å². The number of aryl methyl sites for hydroxylation is 1. The average molecular weight is 237 g/mol. The van der Waals surface area contributed by atoms with Gasteiger partial charge in [0, 0.05) is 11.8 Å². The molecule has 1 fully saturated rings. The lowest BCUT2D eigenvalue weighted by molar-refractivity contribution is -0.141. The van der Waals surface area contributed by atoms with Gasteiger partial charge in [0.15, 0.2) is 0 Å². The molecule has 6 heteroatoms. The number of ether oxygens (including phenoxy) is 1. The van der Waals surface area contributed by atoms with Crippen LogP contribution in [-0.2, 0) is 16.0 Å². The second kappa shape index (κ2) is 5.09. The van der Waals surface area contributed by atoms with Crippen molar-refractivity contribution in [2.45, 2.75) is 19.4 Å². The fourth-order valence-corrected chi connectivity index (χ4v) is 1.80. The standard InChI is InChI=1S/C11H15N3O3/c1-2-7-3-10(13-6-12-7)14-9-5-17-4-8(9)11(15)16/h3,6,8-9H,2,4-5H2,1H3,(H,15,16)(H,12,13,14). The van der Waals surface area contributed by atoms with Crippen LogP contribution in [0.4, 0.5) is 5.82 Å². The molecule has 92 valence electrons. The molecule has 1 saturated heterocycles. The molecule has 1 aromatic rings. The van der Waals surface area contributed by atoms with Gasteiger partial charge in [0.25, 0.3) is 0 Å². The second-order valence-electron chi connectivity index (χ2n) is 3.98. The highest BCUT2D eigenvalue weighted by atomic mass is 16.5. The largest absolute Gasteiger partial charge is 0.481 e. The summed E-state index contributed by atoms with van der Waals surface area (Å²) in [7, 11) is 0. The van der Waals surface area contributed by atoms with E-state index < -0.39 is 11.9 Å². The molecule has 0 saturated carbocycles. The maximum Gasteiger partial charge on any atom is 0.311 e. The second-order valence-corrected chi connectivity index (χ2v) is 3.98. The van der Waals surface area contributed by atoms with Gasteiger partial charge in [-0.25, -0.2) is 9.97 Å². The van der Waals surface area contributed by atoms with Crippen molar-refractivity contribution in [3.8, 4) is 0 Å². The van der Waals surface area contributed by atoms with E-state index in [4.69, 9.17) is 9.84 Å². The summed E-state index contributed by atoms with van der Waals surface area (Å²) in [4.78, 5) is 19.1. The van der Waals surface area contributed by atoms with Crippen molar-refractivity contribution in [1.29, 1.82) is 0 Å².